The Bertz CT molecular complexity index is 450. The van der Waals surface area contributed by atoms with Crippen molar-refractivity contribution < 1.29 is 4.74 Å². The van der Waals surface area contributed by atoms with Gasteiger partial charge in [-0.1, -0.05) is 15.9 Å². The van der Waals surface area contributed by atoms with E-state index >= 15 is 0 Å². The molecule has 0 atom stereocenters. The summed E-state index contributed by atoms with van der Waals surface area (Å²) < 4.78 is 7.80. The predicted molar refractivity (Wildman–Crippen MR) is 90.4 cm³/mol. The van der Waals surface area contributed by atoms with Crippen molar-refractivity contribution in [3.05, 3.63) is 26.6 Å². The Balaban J connectivity index is 1.87. The lowest BCUT2D eigenvalue weighted by Crippen LogP contribution is -2.30. The number of rotatable bonds is 8. The number of hydrogen-bond acceptors (Lipinski definition) is 3. The number of benzene rings is 1. The monoisotopic (exact) mass is 404 g/mol. The maximum Gasteiger partial charge on any atom is 0.138 e. The lowest BCUT2D eigenvalue weighted by atomic mass is 10.2. The van der Waals surface area contributed by atoms with Crippen LogP contribution in [-0.4, -0.2) is 37.7 Å². The van der Waals surface area contributed by atoms with Crippen LogP contribution in [0.2, 0.25) is 0 Å². The Labute approximate surface area is 138 Å². The minimum absolute atomic E-state index is 0.678. The first kappa shape index (κ1) is 16.3. The Hall–Kier alpha value is -0.100. The van der Waals surface area contributed by atoms with Gasteiger partial charge in [0, 0.05) is 35.7 Å². The van der Waals surface area contributed by atoms with Crippen LogP contribution in [0, 0.1) is 0 Å². The van der Waals surface area contributed by atoms with Crippen LogP contribution in [-0.2, 0) is 6.54 Å². The average Bonchev–Trinajstić information content (AvgIpc) is 3.22. The number of nitrogens with one attached hydrogen (secondary N) is 1. The second kappa shape index (κ2) is 7.78. The van der Waals surface area contributed by atoms with Gasteiger partial charge >= 0.3 is 0 Å². The topological polar surface area (TPSA) is 24.5 Å². The molecule has 1 aliphatic carbocycles. The van der Waals surface area contributed by atoms with Crippen LogP contribution in [0.1, 0.15) is 25.3 Å². The van der Waals surface area contributed by atoms with Gasteiger partial charge in [0.15, 0.2) is 0 Å². The van der Waals surface area contributed by atoms with Crippen LogP contribution < -0.4 is 10.1 Å². The quantitative estimate of drug-likeness (QED) is 0.665. The predicted octanol–water partition coefficient (Wildman–Crippen LogP) is 3.79. The molecule has 1 aromatic carbocycles. The zero-order valence-corrected chi connectivity index (χ0v) is 15.3. The number of hydrogen-bond donors (Lipinski definition) is 1. The third-order valence-electron chi connectivity index (χ3n) is 3.50. The molecule has 20 heavy (non-hydrogen) atoms. The van der Waals surface area contributed by atoms with Crippen molar-refractivity contribution >= 4 is 31.9 Å². The third kappa shape index (κ3) is 4.72. The molecule has 0 spiro atoms. The van der Waals surface area contributed by atoms with Crippen molar-refractivity contribution in [2.45, 2.75) is 32.4 Å². The average molecular weight is 406 g/mol. The lowest BCUT2D eigenvalue weighted by Gasteiger charge is -2.17. The highest BCUT2D eigenvalue weighted by Gasteiger charge is 2.25. The number of nitrogens with zero attached hydrogens (tertiary/aromatic N) is 1. The highest BCUT2D eigenvalue weighted by Crippen LogP contribution is 2.33. The summed E-state index contributed by atoms with van der Waals surface area (Å²) in [6, 6.07) is 4.97. The zero-order valence-electron chi connectivity index (χ0n) is 12.1. The number of halogens is 2. The Morgan fingerprint density at radius 3 is 2.75 bits per heavy atom. The van der Waals surface area contributed by atoms with E-state index in [9.17, 15) is 0 Å². The highest BCUT2D eigenvalue weighted by molar-refractivity contribution is 9.11. The normalized spacial score (nSPS) is 14.8. The van der Waals surface area contributed by atoms with E-state index in [0.29, 0.717) is 6.61 Å². The first-order valence-corrected chi connectivity index (χ1v) is 8.72. The van der Waals surface area contributed by atoms with Crippen molar-refractivity contribution in [1.29, 1.82) is 0 Å². The van der Waals surface area contributed by atoms with Crippen molar-refractivity contribution in [3.8, 4) is 5.75 Å². The molecular weight excluding hydrogens is 384 g/mol. The third-order valence-corrected chi connectivity index (χ3v) is 4.55. The molecular formula is C15H22Br2N2O. The molecule has 0 heterocycles. The zero-order chi connectivity index (χ0) is 14.5. The van der Waals surface area contributed by atoms with Crippen LogP contribution in [0.5, 0.6) is 5.75 Å². The molecule has 0 aliphatic heterocycles. The van der Waals surface area contributed by atoms with E-state index < -0.39 is 0 Å². The van der Waals surface area contributed by atoms with E-state index in [0.717, 1.165) is 40.4 Å². The molecule has 0 bridgehead atoms. The summed E-state index contributed by atoms with van der Waals surface area (Å²) in [5.41, 5.74) is 1.18. The Morgan fingerprint density at radius 2 is 2.10 bits per heavy atom. The van der Waals surface area contributed by atoms with E-state index in [1.807, 2.05) is 13.0 Å². The molecule has 1 aromatic rings. The molecule has 3 nitrogen and oxygen atoms in total. The van der Waals surface area contributed by atoms with Gasteiger partial charge in [0.05, 0.1) is 11.1 Å². The number of ether oxygens (including phenoxy) is 1. The molecule has 112 valence electrons. The van der Waals surface area contributed by atoms with E-state index in [4.69, 9.17) is 4.74 Å². The van der Waals surface area contributed by atoms with Gasteiger partial charge in [0.2, 0.25) is 0 Å². The van der Waals surface area contributed by atoms with Crippen LogP contribution in [0.15, 0.2) is 21.1 Å². The van der Waals surface area contributed by atoms with Crippen LogP contribution in [0.3, 0.4) is 0 Å². The fourth-order valence-electron chi connectivity index (χ4n) is 2.23. The molecule has 0 unspecified atom stereocenters. The van der Waals surface area contributed by atoms with Crippen molar-refractivity contribution in [3.63, 3.8) is 0 Å². The Kier molecular flexibility index (Phi) is 6.33. The molecule has 1 saturated carbocycles. The molecule has 1 N–H and O–H groups in total. The van der Waals surface area contributed by atoms with Crippen LogP contribution in [0.25, 0.3) is 0 Å². The van der Waals surface area contributed by atoms with E-state index in [-0.39, 0.29) is 0 Å². The summed E-state index contributed by atoms with van der Waals surface area (Å²) in [5.74, 6) is 0.943. The highest BCUT2D eigenvalue weighted by atomic mass is 79.9. The molecule has 1 aliphatic rings. The molecule has 0 radical (unpaired) electrons. The maximum absolute atomic E-state index is 5.73. The molecule has 1 fully saturated rings. The van der Waals surface area contributed by atoms with Crippen molar-refractivity contribution in [2.75, 3.05) is 26.7 Å². The van der Waals surface area contributed by atoms with Gasteiger partial charge in [0.25, 0.3) is 0 Å². The first-order valence-electron chi connectivity index (χ1n) is 7.13. The molecule has 2 rings (SSSR count). The SMILES string of the molecule is CCOc1c(Br)cc(Br)cc1CNCCN(C)C1CC1. The molecule has 5 heteroatoms. The van der Waals surface area contributed by atoms with Gasteiger partial charge < -0.3 is 15.0 Å². The fourth-order valence-corrected chi connectivity index (χ4v) is 3.66. The summed E-state index contributed by atoms with van der Waals surface area (Å²) in [6.45, 7) is 5.62. The minimum atomic E-state index is 0.678. The number of likely N-dealkylation sites (N-methyl/N-ethyl adjacent to an activating group) is 1. The van der Waals surface area contributed by atoms with Gasteiger partial charge in [-0.2, -0.15) is 0 Å². The van der Waals surface area contributed by atoms with Crippen LogP contribution >= 0.6 is 31.9 Å². The summed E-state index contributed by atoms with van der Waals surface area (Å²) in [6.07, 6.45) is 2.73. The van der Waals surface area contributed by atoms with Crippen molar-refractivity contribution in [1.82, 2.24) is 10.2 Å². The maximum atomic E-state index is 5.73. The second-order valence-electron chi connectivity index (χ2n) is 5.20. The Morgan fingerprint density at radius 1 is 1.35 bits per heavy atom. The smallest absolute Gasteiger partial charge is 0.138 e. The molecule has 0 amide bonds. The summed E-state index contributed by atoms with van der Waals surface area (Å²) >= 11 is 7.10. The van der Waals surface area contributed by atoms with Gasteiger partial charge in [-0.05, 0) is 54.9 Å². The molecule has 0 saturated heterocycles. The second-order valence-corrected chi connectivity index (χ2v) is 6.97. The first-order chi connectivity index (χ1) is 9.61. The van der Waals surface area contributed by atoms with Gasteiger partial charge in [-0.15, -0.1) is 0 Å². The van der Waals surface area contributed by atoms with E-state index in [2.05, 4.69) is 55.2 Å². The van der Waals surface area contributed by atoms with Crippen molar-refractivity contribution in [2.24, 2.45) is 0 Å². The van der Waals surface area contributed by atoms with E-state index in [1.165, 1.54) is 18.4 Å². The van der Waals surface area contributed by atoms with Crippen LogP contribution in [0.4, 0.5) is 0 Å². The standard InChI is InChI=1S/C15H22Br2N2O/c1-3-20-15-11(8-12(16)9-14(15)17)10-18-6-7-19(2)13-4-5-13/h8-9,13,18H,3-7,10H2,1-2H3. The lowest BCUT2D eigenvalue weighted by molar-refractivity contribution is 0.318. The summed E-state index contributed by atoms with van der Waals surface area (Å²) in [7, 11) is 2.21. The van der Waals surface area contributed by atoms with Gasteiger partial charge in [-0.25, -0.2) is 0 Å². The minimum Gasteiger partial charge on any atom is -0.492 e. The van der Waals surface area contributed by atoms with Gasteiger partial charge in [-0.3, -0.25) is 0 Å². The molecule has 0 aromatic heterocycles. The fraction of sp³-hybridized carbons (Fsp3) is 0.600. The largest absolute Gasteiger partial charge is 0.492 e. The summed E-state index contributed by atoms with van der Waals surface area (Å²) in [5, 5.41) is 3.51. The summed E-state index contributed by atoms with van der Waals surface area (Å²) in [4.78, 5) is 2.44. The van der Waals surface area contributed by atoms with E-state index in [1.54, 1.807) is 0 Å². The van der Waals surface area contributed by atoms with Gasteiger partial charge in [0.1, 0.15) is 5.75 Å².